The van der Waals surface area contributed by atoms with Gasteiger partial charge >= 0.3 is 6.03 Å². The Morgan fingerprint density at radius 1 is 1.29 bits per heavy atom. The second-order valence-electron chi connectivity index (χ2n) is 6.00. The van der Waals surface area contributed by atoms with Gasteiger partial charge in [0.1, 0.15) is 13.2 Å². The zero-order valence-corrected chi connectivity index (χ0v) is 13.3. The van der Waals surface area contributed by atoms with E-state index in [0.717, 1.165) is 42.1 Å². The third-order valence-corrected chi connectivity index (χ3v) is 4.45. The molecule has 1 aromatic heterocycles. The molecular formula is C17H20N4O3. The average Bonchev–Trinajstić information content (AvgIpc) is 3.31. The molecule has 2 aromatic rings. The smallest absolute Gasteiger partial charge is 0.318 e. The first-order chi connectivity index (χ1) is 11.8. The summed E-state index contributed by atoms with van der Waals surface area (Å²) in [4.78, 5) is 14.4. The lowest BCUT2D eigenvalue weighted by Gasteiger charge is -2.26. The molecular weight excluding hydrogens is 308 g/mol. The van der Waals surface area contributed by atoms with Crippen molar-refractivity contribution in [2.24, 2.45) is 0 Å². The van der Waals surface area contributed by atoms with Crippen LogP contribution in [-0.4, -0.2) is 40.9 Å². The van der Waals surface area contributed by atoms with Crippen molar-refractivity contribution in [3.8, 4) is 11.5 Å². The molecule has 1 fully saturated rings. The average molecular weight is 328 g/mol. The maximum atomic E-state index is 12.5. The number of carbonyl (C=O) groups is 1. The molecule has 1 atom stereocenters. The number of benzene rings is 1. The van der Waals surface area contributed by atoms with E-state index in [9.17, 15) is 4.79 Å². The van der Waals surface area contributed by atoms with Gasteiger partial charge in [-0.05, 0) is 36.6 Å². The van der Waals surface area contributed by atoms with Crippen molar-refractivity contribution in [3.05, 3.63) is 41.7 Å². The largest absolute Gasteiger partial charge is 0.486 e. The van der Waals surface area contributed by atoms with Crippen LogP contribution < -0.4 is 14.8 Å². The molecule has 7 nitrogen and oxygen atoms in total. The van der Waals surface area contributed by atoms with Gasteiger partial charge in [0.05, 0.1) is 18.3 Å². The van der Waals surface area contributed by atoms with Gasteiger partial charge in [-0.15, -0.1) is 0 Å². The van der Waals surface area contributed by atoms with Crippen LogP contribution in [0.2, 0.25) is 0 Å². The Morgan fingerprint density at radius 3 is 3.00 bits per heavy atom. The van der Waals surface area contributed by atoms with E-state index in [4.69, 9.17) is 9.47 Å². The summed E-state index contributed by atoms with van der Waals surface area (Å²) in [6.45, 7) is 2.35. The summed E-state index contributed by atoms with van der Waals surface area (Å²) < 4.78 is 11.2. The highest BCUT2D eigenvalue weighted by atomic mass is 16.6. The minimum atomic E-state index is -0.0537. The number of likely N-dealkylation sites (tertiary alicyclic amines) is 1. The molecule has 1 aromatic carbocycles. The van der Waals surface area contributed by atoms with Crippen LogP contribution in [0.5, 0.6) is 11.5 Å². The monoisotopic (exact) mass is 328 g/mol. The molecule has 0 bridgehead atoms. The van der Waals surface area contributed by atoms with Gasteiger partial charge in [0.25, 0.3) is 0 Å². The Labute approximate surface area is 139 Å². The van der Waals surface area contributed by atoms with Crippen LogP contribution in [0.15, 0.2) is 30.5 Å². The lowest BCUT2D eigenvalue weighted by Crippen LogP contribution is -2.39. The van der Waals surface area contributed by atoms with Crippen molar-refractivity contribution < 1.29 is 14.3 Å². The number of nitrogens with one attached hydrogen (secondary N) is 2. The molecule has 2 amide bonds. The van der Waals surface area contributed by atoms with E-state index in [1.165, 1.54) is 0 Å². The van der Waals surface area contributed by atoms with E-state index >= 15 is 0 Å². The molecule has 0 aliphatic carbocycles. The fraction of sp³-hybridized carbons (Fsp3) is 0.412. The number of ether oxygens (including phenoxy) is 2. The third-order valence-electron chi connectivity index (χ3n) is 4.45. The van der Waals surface area contributed by atoms with Crippen molar-refractivity contribution in [2.75, 3.05) is 19.8 Å². The minimum absolute atomic E-state index is 0.0537. The predicted molar refractivity (Wildman–Crippen MR) is 86.9 cm³/mol. The number of nitrogens with zero attached hydrogens (tertiary/aromatic N) is 2. The number of fused-ring (bicyclic) bond motifs is 1. The van der Waals surface area contributed by atoms with Crippen LogP contribution >= 0.6 is 0 Å². The molecule has 3 heterocycles. The highest BCUT2D eigenvalue weighted by Crippen LogP contribution is 2.38. The number of urea groups is 1. The van der Waals surface area contributed by atoms with Crippen molar-refractivity contribution in [2.45, 2.75) is 25.4 Å². The Bertz CT molecular complexity index is 717. The predicted octanol–water partition coefficient (Wildman–Crippen LogP) is 2.23. The summed E-state index contributed by atoms with van der Waals surface area (Å²) in [6.07, 6.45) is 3.63. The Hall–Kier alpha value is -2.70. The SMILES string of the molecule is O=C(NCc1ccn[nH]1)N1CCC[C@@H]1c1ccc2c(c1)OCCO2. The first-order valence-electron chi connectivity index (χ1n) is 8.23. The first kappa shape index (κ1) is 14.9. The van der Waals surface area contributed by atoms with Crippen LogP contribution in [0.25, 0.3) is 0 Å². The standard InChI is InChI=1S/C17H20N4O3/c22-17(18-11-13-5-6-19-20-13)21-7-1-2-14(21)12-3-4-15-16(10-12)24-9-8-23-15/h3-6,10,14H,1-2,7-9,11H2,(H,18,22)(H,19,20)/t14-/m1/s1. The number of aromatic amines is 1. The molecule has 2 aliphatic rings. The molecule has 4 rings (SSSR count). The van der Waals surface area contributed by atoms with Gasteiger partial charge in [0.2, 0.25) is 0 Å². The van der Waals surface area contributed by atoms with Crippen molar-refractivity contribution in [1.29, 1.82) is 0 Å². The van der Waals surface area contributed by atoms with Crippen LogP contribution in [0.1, 0.15) is 30.1 Å². The summed E-state index contributed by atoms with van der Waals surface area (Å²) in [5.74, 6) is 1.54. The number of amides is 2. The summed E-state index contributed by atoms with van der Waals surface area (Å²) >= 11 is 0. The highest BCUT2D eigenvalue weighted by Gasteiger charge is 2.30. The van der Waals surface area contributed by atoms with Crippen LogP contribution in [-0.2, 0) is 6.54 Å². The normalized spacial score (nSPS) is 19.3. The molecule has 7 heteroatoms. The topological polar surface area (TPSA) is 79.5 Å². The number of carbonyl (C=O) groups excluding carboxylic acids is 1. The number of H-pyrrole nitrogens is 1. The lowest BCUT2D eigenvalue weighted by atomic mass is 10.0. The zero-order valence-electron chi connectivity index (χ0n) is 13.3. The molecule has 2 N–H and O–H groups in total. The van der Waals surface area contributed by atoms with Gasteiger partial charge in [-0.25, -0.2) is 4.79 Å². The zero-order chi connectivity index (χ0) is 16.4. The van der Waals surface area contributed by atoms with E-state index in [2.05, 4.69) is 15.5 Å². The first-order valence-corrected chi connectivity index (χ1v) is 8.23. The molecule has 1 saturated heterocycles. The van der Waals surface area contributed by atoms with Crippen molar-refractivity contribution in [1.82, 2.24) is 20.4 Å². The van der Waals surface area contributed by atoms with E-state index < -0.39 is 0 Å². The minimum Gasteiger partial charge on any atom is -0.486 e. The van der Waals surface area contributed by atoms with Crippen LogP contribution in [0.3, 0.4) is 0 Å². The van der Waals surface area contributed by atoms with Crippen molar-refractivity contribution in [3.63, 3.8) is 0 Å². The lowest BCUT2D eigenvalue weighted by molar-refractivity contribution is 0.170. The van der Waals surface area contributed by atoms with E-state index in [1.807, 2.05) is 29.2 Å². The molecule has 126 valence electrons. The fourth-order valence-electron chi connectivity index (χ4n) is 3.28. The van der Waals surface area contributed by atoms with Gasteiger partial charge in [0.15, 0.2) is 11.5 Å². The van der Waals surface area contributed by atoms with Crippen LogP contribution in [0, 0.1) is 0 Å². The summed E-state index contributed by atoms with van der Waals surface area (Å²) in [7, 11) is 0. The Morgan fingerprint density at radius 2 is 2.17 bits per heavy atom. The van der Waals surface area contributed by atoms with E-state index in [-0.39, 0.29) is 12.1 Å². The summed E-state index contributed by atoms with van der Waals surface area (Å²) in [5.41, 5.74) is 1.98. The summed E-state index contributed by atoms with van der Waals surface area (Å²) in [6, 6.07) is 7.83. The van der Waals surface area contributed by atoms with Crippen LogP contribution in [0.4, 0.5) is 4.79 Å². The fourth-order valence-corrected chi connectivity index (χ4v) is 3.28. The molecule has 0 radical (unpaired) electrons. The number of rotatable bonds is 3. The molecule has 2 aliphatic heterocycles. The molecule has 24 heavy (non-hydrogen) atoms. The number of hydrogen-bond acceptors (Lipinski definition) is 4. The molecule has 0 unspecified atom stereocenters. The van der Waals surface area contributed by atoms with Gasteiger partial charge in [0, 0.05) is 12.7 Å². The summed E-state index contributed by atoms with van der Waals surface area (Å²) in [5, 5.41) is 9.68. The number of aromatic nitrogens is 2. The van der Waals surface area contributed by atoms with Crippen molar-refractivity contribution >= 4 is 6.03 Å². The van der Waals surface area contributed by atoms with Gasteiger partial charge in [-0.1, -0.05) is 6.07 Å². The maximum absolute atomic E-state index is 12.5. The number of hydrogen-bond donors (Lipinski definition) is 2. The van der Waals surface area contributed by atoms with Gasteiger partial charge in [-0.3, -0.25) is 5.10 Å². The van der Waals surface area contributed by atoms with Gasteiger partial charge < -0.3 is 19.7 Å². The van der Waals surface area contributed by atoms with E-state index in [0.29, 0.717) is 19.8 Å². The highest BCUT2D eigenvalue weighted by molar-refractivity contribution is 5.75. The Balaban J connectivity index is 1.47. The van der Waals surface area contributed by atoms with E-state index in [1.54, 1.807) is 6.20 Å². The second kappa shape index (κ2) is 6.43. The quantitative estimate of drug-likeness (QED) is 0.905. The maximum Gasteiger partial charge on any atom is 0.318 e. The third kappa shape index (κ3) is 2.89. The molecule has 0 spiro atoms. The molecule has 0 saturated carbocycles. The Kier molecular flexibility index (Phi) is 3.98. The van der Waals surface area contributed by atoms with Gasteiger partial charge in [-0.2, -0.15) is 5.10 Å². The second-order valence-corrected chi connectivity index (χ2v) is 6.00.